The van der Waals surface area contributed by atoms with Gasteiger partial charge in [0.15, 0.2) is 5.78 Å². The van der Waals surface area contributed by atoms with E-state index in [2.05, 4.69) is 27.7 Å². The molecule has 0 saturated carbocycles. The Morgan fingerprint density at radius 3 is 2.73 bits per heavy atom. The van der Waals surface area contributed by atoms with Gasteiger partial charge in [-0.05, 0) is 41.6 Å². The summed E-state index contributed by atoms with van der Waals surface area (Å²) in [7, 11) is 0. The number of carbonyl (C=O) groups excluding carboxylic acids is 1. The minimum Gasteiger partial charge on any atom is -0.396 e. The molecule has 15 heavy (non-hydrogen) atoms. The average Bonchev–Trinajstić information content (AvgIpc) is 2.25. The monoisotopic (exact) mass is 317 g/mol. The van der Waals surface area contributed by atoms with Crippen LogP contribution < -0.4 is 0 Å². The lowest BCUT2D eigenvalue weighted by Gasteiger charge is -1.97. The van der Waals surface area contributed by atoms with Gasteiger partial charge in [0, 0.05) is 15.6 Å². The van der Waals surface area contributed by atoms with Crippen LogP contribution in [0.4, 0.5) is 0 Å². The maximum absolute atomic E-state index is 11.6. The Labute approximate surface area is 103 Å². The highest BCUT2D eigenvalue weighted by Gasteiger charge is 2.02. The first-order valence-electron chi connectivity index (χ1n) is 4.66. The van der Waals surface area contributed by atoms with Crippen LogP contribution in [0.15, 0.2) is 29.4 Å². The van der Waals surface area contributed by atoms with E-state index in [9.17, 15) is 4.79 Å². The fraction of sp³-hybridized carbons (Fsp3) is 0.273. The Kier molecular flexibility index (Phi) is 5.31. The summed E-state index contributed by atoms with van der Waals surface area (Å²) < 4.78 is 1.12. The van der Waals surface area contributed by atoms with Gasteiger partial charge in [-0.3, -0.25) is 4.79 Å². The molecule has 0 radical (unpaired) electrons. The number of carbonyl (C=O) groups is 1. The summed E-state index contributed by atoms with van der Waals surface area (Å²) in [6, 6.07) is 7.46. The minimum atomic E-state index is 0.0508. The molecule has 0 fully saturated rings. The maximum atomic E-state index is 11.6. The van der Waals surface area contributed by atoms with Crippen molar-refractivity contribution in [1.29, 1.82) is 0 Å². The smallest absolute Gasteiger partial charge is 0.168 e. The van der Waals surface area contributed by atoms with Crippen LogP contribution in [0.5, 0.6) is 0 Å². The summed E-state index contributed by atoms with van der Waals surface area (Å²) in [5, 5.41) is 3.63. The van der Waals surface area contributed by atoms with Gasteiger partial charge in [0.05, 0.1) is 6.21 Å². The molecule has 3 nitrogen and oxygen atoms in total. The van der Waals surface area contributed by atoms with Crippen molar-refractivity contribution < 1.29 is 9.63 Å². The molecule has 0 aromatic heterocycles. The van der Waals surface area contributed by atoms with Crippen molar-refractivity contribution in [3.63, 3.8) is 0 Å². The Balaban J connectivity index is 2.50. The molecule has 1 aromatic carbocycles. The van der Waals surface area contributed by atoms with Crippen LogP contribution >= 0.6 is 22.6 Å². The van der Waals surface area contributed by atoms with Crippen molar-refractivity contribution in [2.45, 2.75) is 13.3 Å². The van der Waals surface area contributed by atoms with E-state index in [1.807, 2.05) is 31.2 Å². The summed E-state index contributed by atoms with van der Waals surface area (Å²) in [6.45, 7) is 2.37. The van der Waals surface area contributed by atoms with E-state index in [4.69, 9.17) is 4.84 Å². The first-order chi connectivity index (χ1) is 7.24. The molecule has 0 bridgehead atoms. The summed E-state index contributed by atoms with van der Waals surface area (Å²) >= 11 is 2.20. The van der Waals surface area contributed by atoms with Crippen LogP contribution in [-0.2, 0) is 4.84 Å². The molecule has 0 heterocycles. The average molecular weight is 317 g/mol. The zero-order valence-corrected chi connectivity index (χ0v) is 10.6. The second kappa shape index (κ2) is 6.55. The van der Waals surface area contributed by atoms with Gasteiger partial charge in [-0.2, -0.15) is 0 Å². The molecule has 0 amide bonds. The van der Waals surface area contributed by atoms with Crippen LogP contribution in [-0.4, -0.2) is 18.6 Å². The molecule has 1 aromatic rings. The highest BCUT2D eigenvalue weighted by Crippen LogP contribution is 2.08. The van der Waals surface area contributed by atoms with Crippen molar-refractivity contribution in [1.82, 2.24) is 0 Å². The number of halogens is 1. The highest BCUT2D eigenvalue weighted by molar-refractivity contribution is 14.1. The zero-order chi connectivity index (χ0) is 11.1. The van der Waals surface area contributed by atoms with Crippen LogP contribution in [0.2, 0.25) is 0 Å². The molecule has 0 aliphatic carbocycles. The second-order valence-corrected chi connectivity index (χ2v) is 4.09. The van der Waals surface area contributed by atoms with Gasteiger partial charge < -0.3 is 4.84 Å². The SMILES string of the molecule is CCO/N=C/CC(=O)c1ccc(I)cc1. The van der Waals surface area contributed by atoms with Gasteiger partial charge in [-0.25, -0.2) is 0 Å². The Morgan fingerprint density at radius 1 is 1.47 bits per heavy atom. The van der Waals surface area contributed by atoms with E-state index in [1.54, 1.807) is 0 Å². The molecule has 0 aliphatic heterocycles. The molecule has 0 atom stereocenters. The number of hydrogen-bond donors (Lipinski definition) is 0. The number of hydrogen-bond acceptors (Lipinski definition) is 3. The largest absolute Gasteiger partial charge is 0.396 e. The molecule has 0 saturated heterocycles. The predicted molar refractivity (Wildman–Crippen MR) is 68.2 cm³/mol. The van der Waals surface area contributed by atoms with E-state index < -0.39 is 0 Å². The molecule has 4 heteroatoms. The molecule has 0 spiro atoms. The van der Waals surface area contributed by atoms with E-state index >= 15 is 0 Å². The normalized spacial score (nSPS) is 10.5. The van der Waals surface area contributed by atoms with Gasteiger partial charge in [0.1, 0.15) is 6.61 Å². The Morgan fingerprint density at radius 2 is 2.13 bits per heavy atom. The Hall–Kier alpha value is -0.910. The van der Waals surface area contributed by atoms with Gasteiger partial charge in [-0.1, -0.05) is 17.3 Å². The Bertz CT molecular complexity index is 346. The fourth-order valence-electron chi connectivity index (χ4n) is 1.00. The van der Waals surface area contributed by atoms with Crippen molar-refractivity contribution in [2.75, 3.05) is 6.61 Å². The van der Waals surface area contributed by atoms with Crippen LogP contribution in [0.25, 0.3) is 0 Å². The third-order valence-corrected chi connectivity index (χ3v) is 2.44. The lowest BCUT2D eigenvalue weighted by molar-refractivity contribution is 0.0998. The molecular weight excluding hydrogens is 305 g/mol. The number of oxime groups is 1. The third-order valence-electron chi connectivity index (χ3n) is 1.72. The van der Waals surface area contributed by atoms with Gasteiger partial charge in [0.2, 0.25) is 0 Å². The minimum absolute atomic E-state index is 0.0508. The highest BCUT2D eigenvalue weighted by atomic mass is 127. The molecule has 80 valence electrons. The lowest BCUT2D eigenvalue weighted by Crippen LogP contribution is -1.99. The summed E-state index contributed by atoms with van der Waals surface area (Å²) in [5.41, 5.74) is 0.707. The van der Waals surface area contributed by atoms with E-state index in [0.29, 0.717) is 12.2 Å². The summed E-state index contributed by atoms with van der Waals surface area (Å²) in [5.74, 6) is 0.0508. The van der Waals surface area contributed by atoms with E-state index in [1.165, 1.54) is 6.21 Å². The number of rotatable bonds is 5. The van der Waals surface area contributed by atoms with E-state index in [-0.39, 0.29) is 12.2 Å². The van der Waals surface area contributed by atoms with Crippen LogP contribution in [0, 0.1) is 3.57 Å². The quantitative estimate of drug-likeness (QED) is 0.362. The van der Waals surface area contributed by atoms with Crippen molar-refractivity contribution in [3.8, 4) is 0 Å². The molecule has 1 rings (SSSR count). The first-order valence-corrected chi connectivity index (χ1v) is 5.74. The number of Topliss-reactive ketones (excluding diaryl/α,β-unsaturated/α-hetero) is 1. The molecule has 0 unspecified atom stereocenters. The predicted octanol–water partition coefficient (Wildman–Crippen LogP) is 2.89. The summed E-state index contributed by atoms with van der Waals surface area (Å²) in [4.78, 5) is 16.3. The maximum Gasteiger partial charge on any atom is 0.168 e. The summed E-state index contributed by atoms with van der Waals surface area (Å²) in [6.07, 6.45) is 1.77. The van der Waals surface area contributed by atoms with Crippen LogP contribution in [0.1, 0.15) is 23.7 Å². The van der Waals surface area contributed by atoms with Gasteiger partial charge in [-0.15, -0.1) is 0 Å². The number of benzene rings is 1. The van der Waals surface area contributed by atoms with Crippen LogP contribution in [0.3, 0.4) is 0 Å². The zero-order valence-electron chi connectivity index (χ0n) is 8.44. The number of ketones is 1. The fourth-order valence-corrected chi connectivity index (χ4v) is 1.36. The lowest BCUT2D eigenvalue weighted by atomic mass is 10.1. The van der Waals surface area contributed by atoms with Crippen molar-refractivity contribution in [3.05, 3.63) is 33.4 Å². The van der Waals surface area contributed by atoms with E-state index in [0.717, 1.165) is 3.57 Å². The van der Waals surface area contributed by atoms with Crippen molar-refractivity contribution in [2.24, 2.45) is 5.16 Å². The molecular formula is C11H12INO2. The molecule has 0 N–H and O–H groups in total. The number of nitrogens with zero attached hydrogens (tertiary/aromatic N) is 1. The topological polar surface area (TPSA) is 38.7 Å². The second-order valence-electron chi connectivity index (χ2n) is 2.84. The standard InChI is InChI=1S/C11H12INO2/c1-2-15-13-8-7-11(14)9-3-5-10(12)6-4-9/h3-6,8H,2,7H2,1H3/b13-8+. The molecule has 0 aliphatic rings. The third kappa shape index (κ3) is 4.42. The first kappa shape index (κ1) is 12.2. The van der Waals surface area contributed by atoms with Gasteiger partial charge >= 0.3 is 0 Å². The van der Waals surface area contributed by atoms with Crippen molar-refractivity contribution >= 4 is 34.6 Å². The van der Waals surface area contributed by atoms with Gasteiger partial charge in [0.25, 0.3) is 0 Å².